The minimum atomic E-state index is 0. The number of piperidine rings is 1. The third-order valence-electron chi connectivity index (χ3n) is 3.07. The van der Waals surface area contributed by atoms with Gasteiger partial charge in [-0.1, -0.05) is 5.16 Å². The second-order valence-electron chi connectivity index (χ2n) is 3.62. The molecule has 0 aromatic heterocycles. The lowest BCUT2D eigenvalue weighted by Gasteiger charge is -2.31. The summed E-state index contributed by atoms with van der Waals surface area (Å²) in [6, 6.07) is 1.30. The summed E-state index contributed by atoms with van der Waals surface area (Å²) in [4.78, 5) is 2.43. The van der Waals surface area contributed by atoms with Crippen LogP contribution in [-0.4, -0.2) is 35.0 Å². The summed E-state index contributed by atoms with van der Waals surface area (Å²) in [5, 5.41) is 11.9. The first-order valence-electron chi connectivity index (χ1n) is 4.23. The molecule has 0 spiro atoms. The minimum Gasteiger partial charge on any atom is -0.411 e. The fraction of sp³-hybridized carbons (Fsp3) is 0.875. The van der Waals surface area contributed by atoms with E-state index < -0.39 is 0 Å². The molecular weight excluding hydrogens is 176 g/mol. The smallest absolute Gasteiger partial charge is 0.0601 e. The highest BCUT2D eigenvalue weighted by Gasteiger charge is 2.36. The number of rotatable bonds is 0. The van der Waals surface area contributed by atoms with Crippen LogP contribution in [0.15, 0.2) is 5.16 Å². The third kappa shape index (κ3) is 1.43. The fourth-order valence-electron chi connectivity index (χ4n) is 2.29. The van der Waals surface area contributed by atoms with E-state index in [1.807, 2.05) is 0 Å². The Morgan fingerprint density at radius 2 is 1.83 bits per heavy atom. The van der Waals surface area contributed by atoms with E-state index in [1.54, 1.807) is 0 Å². The van der Waals surface area contributed by atoms with Gasteiger partial charge in [-0.05, 0) is 19.9 Å². The van der Waals surface area contributed by atoms with Crippen LogP contribution < -0.4 is 0 Å². The molecule has 0 saturated carbocycles. The maximum absolute atomic E-state index is 8.61. The molecular formula is C8H15ClN2O. The third-order valence-corrected chi connectivity index (χ3v) is 3.07. The molecule has 70 valence electrons. The van der Waals surface area contributed by atoms with E-state index in [0.717, 1.165) is 18.6 Å². The van der Waals surface area contributed by atoms with Gasteiger partial charge in [0.15, 0.2) is 0 Å². The van der Waals surface area contributed by atoms with E-state index in [2.05, 4.69) is 17.1 Å². The Labute approximate surface area is 78.8 Å². The summed E-state index contributed by atoms with van der Waals surface area (Å²) in [6.07, 6.45) is 4.51. The molecule has 2 unspecified atom stereocenters. The van der Waals surface area contributed by atoms with Crippen LogP contribution >= 0.6 is 12.4 Å². The Morgan fingerprint density at radius 1 is 1.33 bits per heavy atom. The van der Waals surface area contributed by atoms with Crippen LogP contribution in [-0.2, 0) is 0 Å². The molecule has 2 atom stereocenters. The second-order valence-corrected chi connectivity index (χ2v) is 3.62. The number of hydrogen-bond donors (Lipinski definition) is 1. The van der Waals surface area contributed by atoms with Gasteiger partial charge in [-0.15, -0.1) is 12.4 Å². The molecule has 1 N–H and O–H groups in total. The first-order chi connectivity index (χ1) is 5.31. The van der Waals surface area contributed by atoms with Crippen molar-refractivity contribution in [3.8, 4) is 0 Å². The molecule has 2 aliphatic rings. The average Bonchev–Trinajstić information content (AvgIpc) is 2.26. The van der Waals surface area contributed by atoms with E-state index in [0.29, 0.717) is 12.1 Å². The minimum absolute atomic E-state index is 0. The standard InChI is InChI=1S/C8H14N2O.ClH/c1-10-7-2-3-8(10)5-6(4-7)9-11;/h7-8,11H,2-5H2,1H3;1H. The topological polar surface area (TPSA) is 35.8 Å². The normalized spacial score (nSPS) is 34.6. The predicted molar refractivity (Wildman–Crippen MR) is 50.3 cm³/mol. The lowest BCUT2D eigenvalue weighted by atomic mass is 10.0. The fourth-order valence-corrected chi connectivity index (χ4v) is 2.29. The highest BCUT2D eigenvalue weighted by Crippen LogP contribution is 2.32. The van der Waals surface area contributed by atoms with E-state index in [4.69, 9.17) is 5.21 Å². The van der Waals surface area contributed by atoms with Crippen molar-refractivity contribution in [3.05, 3.63) is 0 Å². The molecule has 2 bridgehead atoms. The number of hydrogen-bond acceptors (Lipinski definition) is 3. The van der Waals surface area contributed by atoms with Gasteiger partial charge in [0, 0.05) is 24.9 Å². The molecule has 3 nitrogen and oxygen atoms in total. The molecule has 2 fully saturated rings. The van der Waals surface area contributed by atoms with Crippen molar-refractivity contribution in [2.75, 3.05) is 7.05 Å². The second kappa shape index (κ2) is 3.62. The molecule has 2 saturated heterocycles. The Kier molecular flexibility index (Phi) is 2.96. The molecule has 4 heteroatoms. The van der Waals surface area contributed by atoms with Crippen molar-refractivity contribution in [1.29, 1.82) is 0 Å². The van der Waals surface area contributed by atoms with Gasteiger partial charge in [-0.25, -0.2) is 0 Å². The van der Waals surface area contributed by atoms with Crippen molar-refractivity contribution in [3.63, 3.8) is 0 Å². The molecule has 0 aromatic carbocycles. The maximum Gasteiger partial charge on any atom is 0.0601 e. The van der Waals surface area contributed by atoms with Crippen LogP contribution in [0.2, 0.25) is 0 Å². The van der Waals surface area contributed by atoms with E-state index in [-0.39, 0.29) is 12.4 Å². The number of halogens is 1. The SMILES string of the molecule is CN1C2CCC1CC(=NO)C2.Cl. The Balaban J connectivity index is 0.000000720. The largest absolute Gasteiger partial charge is 0.411 e. The Bertz CT molecular complexity index is 179. The van der Waals surface area contributed by atoms with Crippen LogP contribution in [0.25, 0.3) is 0 Å². The summed E-state index contributed by atoms with van der Waals surface area (Å²) in [5.41, 5.74) is 0.996. The van der Waals surface area contributed by atoms with Gasteiger partial charge in [0.05, 0.1) is 5.71 Å². The molecule has 0 aromatic rings. The first-order valence-corrected chi connectivity index (χ1v) is 4.23. The van der Waals surface area contributed by atoms with Gasteiger partial charge in [0.1, 0.15) is 0 Å². The van der Waals surface area contributed by atoms with Gasteiger partial charge in [0.2, 0.25) is 0 Å². The van der Waals surface area contributed by atoms with Crippen LogP contribution in [0, 0.1) is 0 Å². The van der Waals surface area contributed by atoms with E-state index in [9.17, 15) is 0 Å². The molecule has 2 aliphatic heterocycles. The van der Waals surface area contributed by atoms with Crippen LogP contribution in [0.5, 0.6) is 0 Å². The van der Waals surface area contributed by atoms with Crippen molar-refractivity contribution in [2.24, 2.45) is 5.16 Å². The quantitative estimate of drug-likeness (QED) is 0.464. The summed E-state index contributed by atoms with van der Waals surface area (Å²) in [6.45, 7) is 0. The van der Waals surface area contributed by atoms with Gasteiger partial charge >= 0.3 is 0 Å². The van der Waals surface area contributed by atoms with Crippen molar-refractivity contribution in [1.82, 2.24) is 4.90 Å². The maximum atomic E-state index is 8.61. The summed E-state index contributed by atoms with van der Waals surface area (Å²) in [7, 11) is 2.18. The Morgan fingerprint density at radius 3 is 2.25 bits per heavy atom. The van der Waals surface area contributed by atoms with Gasteiger partial charge in [-0.2, -0.15) is 0 Å². The zero-order chi connectivity index (χ0) is 7.84. The van der Waals surface area contributed by atoms with Crippen molar-refractivity contribution in [2.45, 2.75) is 37.8 Å². The summed E-state index contributed by atoms with van der Waals surface area (Å²) < 4.78 is 0. The average molecular weight is 191 g/mol. The van der Waals surface area contributed by atoms with Crippen molar-refractivity contribution >= 4 is 18.1 Å². The molecule has 0 amide bonds. The van der Waals surface area contributed by atoms with E-state index >= 15 is 0 Å². The molecule has 2 heterocycles. The zero-order valence-electron chi connectivity index (χ0n) is 7.23. The highest BCUT2D eigenvalue weighted by molar-refractivity contribution is 5.86. The lowest BCUT2D eigenvalue weighted by Crippen LogP contribution is -2.40. The number of nitrogens with zero attached hydrogens (tertiary/aromatic N) is 2. The van der Waals surface area contributed by atoms with Crippen LogP contribution in [0.3, 0.4) is 0 Å². The van der Waals surface area contributed by atoms with Crippen molar-refractivity contribution < 1.29 is 5.21 Å². The molecule has 0 radical (unpaired) electrons. The number of oxime groups is 1. The van der Waals surface area contributed by atoms with E-state index in [1.165, 1.54) is 12.8 Å². The van der Waals surface area contributed by atoms with Crippen LogP contribution in [0.4, 0.5) is 0 Å². The first kappa shape index (κ1) is 9.81. The zero-order valence-corrected chi connectivity index (χ0v) is 8.05. The lowest BCUT2D eigenvalue weighted by molar-refractivity contribution is 0.223. The molecule has 0 aliphatic carbocycles. The van der Waals surface area contributed by atoms with Crippen LogP contribution in [0.1, 0.15) is 25.7 Å². The molecule has 2 rings (SSSR count). The van der Waals surface area contributed by atoms with Gasteiger partial charge in [0.25, 0.3) is 0 Å². The van der Waals surface area contributed by atoms with Gasteiger partial charge in [-0.3, -0.25) is 4.90 Å². The monoisotopic (exact) mass is 190 g/mol. The molecule has 12 heavy (non-hydrogen) atoms. The highest BCUT2D eigenvalue weighted by atomic mass is 35.5. The number of fused-ring (bicyclic) bond motifs is 2. The summed E-state index contributed by atoms with van der Waals surface area (Å²) >= 11 is 0. The van der Waals surface area contributed by atoms with Gasteiger partial charge < -0.3 is 5.21 Å². The Hall–Kier alpha value is -0.280. The predicted octanol–water partition coefficient (Wildman–Crippen LogP) is 1.49. The summed E-state index contributed by atoms with van der Waals surface area (Å²) in [5.74, 6) is 0.